The molecule has 0 amide bonds. The van der Waals surface area contributed by atoms with E-state index in [1.165, 1.54) is 89.9 Å². The van der Waals surface area contributed by atoms with E-state index in [2.05, 4.69) is 32.9 Å². The normalized spacial score (nSPS) is 12.9. The van der Waals surface area contributed by atoms with Crippen molar-refractivity contribution in [3.05, 3.63) is 12.2 Å². The molecule has 0 aliphatic heterocycles. The van der Waals surface area contributed by atoms with E-state index in [-0.39, 0.29) is 5.92 Å². The van der Waals surface area contributed by atoms with Crippen LogP contribution < -0.4 is 0 Å². The SMILES string of the molecule is CCCCCCCC/C=C\CCCCCCC(CCCCCC(C)C)C(=O)O. The van der Waals surface area contributed by atoms with Crippen molar-refractivity contribution < 1.29 is 9.90 Å². The van der Waals surface area contributed by atoms with Crippen molar-refractivity contribution in [1.82, 2.24) is 0 Å². The lowest BCUT2D eigenvalue weighted by Gasteiger charge is -2.12. The van der Waals surface area contributed by atoms with Crippen molar-refractivity contribution in [3.8, 4) is 0 Å². The summed E-state index contributed by atoms with van der Waals surface area (Å²) in [5.41, 5.74) is 0. The maximum atomic E-state index is 11.4. The Morgan fingerprint density at radius 2 is 1.11 bits per heavy atom. The Hall–Kier alpha value is -0.790. The summed E-state index contributed by atoms with van der Waals surface area (Å²) < 4.78 is 0. The molecule has 0 saturated carbocycles. The van der Waals surface area contributed by atoms with Gasteiger partial charge in [0.25, 0.3) is 0 Å². The van der Waals surface area contributed by atoms with Crippen LogP contribution in [-0.4, -0.2) is 11.1 Å². The van der Waals surface area contributed by atoms with Crippen LogP contribution in [0.2, 0.25) is 0 Å². The fourth-order valence-electron chi connectivity index (χ4n) is 3.80. The van der Waals surface area contributed by atoms with Gasteiger partial charge < -0.3 is 5.11 Å². The zero-order valence-corrected chi connectivity index (χ0v) is 19.4. The van der Waals surface area contributed by atoms with Crippen LogP contribution in [0.5, 0.6) is 0 Å². The fourth-order valence-corrected chi connectivity index (χ4v) is 3.80. The summed E-state index contributed by atoms with van der Waals surface area (Å²) in [6, 6.07) is 0. The number of carboxylic acids is 1. The summed E-state index contributed by atoms with van der Waals surface area (Å²) in [7, 11) is 0. The molecule has 166 valence electrons. The molecule has 0 heterocycles. The lowest BCUT2D eigenvalue weighted by molar-refractivity contribution is -0.142. The van der Waals surface area contributed by atoms with Gasteiger partial charge in [0.2, 0.25) is 0 Å². The van der Waals surface area contributed by atoms with Crippen molar-refractivity contribution in [1.29, 1.82) is 0 Å². The highest BCUT2D eigenvalue weighted by Gasteiger charge is 2.16. The minimum Gasteiger partial charge on any atom is -0.481 e. The van der Waals surface area contributed by atoms with Crippen LogP contribution in [0.15, 0.2) is 12.2 Å². The van der Waals surface area contributed by atoms with Crippen LogP contribution in [0.4, 0.5) is 0 Å². The highest BCUT2D eigenvalue weighted by atomic mass is 16.4. The Bertz CT molecular complexity index is 359. The number of unbranched alkanes of at least 4 members (excludes halogenated alkanes) is 12. The number of aliphatic carboxylic acids is 1. The van der Waals surface area contributed by atoms with Crippen LogP contribution in [-0.2, 0) is 4.79 Å². The standard InChI is InChI=1S/C26H50O2/c1-4-5-6-7-8-9-10-11-12-13-14-15-16-19-22-25(26(27)28)23-20-17-18-21-24(2)3/h11-12,24-25H,4-10,13-23H2,1-3H3,(H,27,28)/b12-11-. The van der Waals surface area contributed by atoms with Crippen LogP contribution in [0.1, 0.15) is 136 Å². The summed E-state index contributed by atoms with van der Waals surface area (Å²) in [6.45, 7) is 6.78. The molecule has 0 spiro atoms. The van der Waals surface area contributed by atoms with Crippen molar-refractivity contribution in [2.24, 2.45) is 11.8 Å². The fraction of sp³-hybridized carbons (Fsp3) is 0.885. The molecule has 0 aliphatic rings. The highest BCUT2D eigenvalue weighted by molar-refractivity contribution is 5.69. The van der Waals surface area contributed by atoms with Gasteiger partial charge in [0.1, 0.15) is 0 Å². The van der Waals surface area contributed by atoms with Crippen LogP contribution in [0.3, 0.4) is 0 Å². The van der Waals surface area contributed by atoms with Crippen molar-refractivity contribution in [3.63, 3.8) is 0 Å². The van der Waals surface area contributed by atoms with Crippen LogP contribution in [0.25, 0.3) is 0 Å². The van der Waals surface area contributed by atoms with E-state index in [1.54, 1.807) is 0 Å². The average molecular weight is 395 g/mol. The molecule has 1 N–H and O–H groups in total. The second-order valence-corrected chi connectivity index (χ2v) is 9.09. The molecule has 28 heavy (non-hydrogen) atoms. The third-order valence-corrected chi connectivity index (χ3v) is 5.75. The lowest BCUT2D eigenvalue weighted by atomic mass is 9.94. The number of carbonyl (C=O) groups is 1. The summed E-state index contributed by atoms with van der Waals surface area (Å²) in [6.07, 6.45) is 26.6. The average Bonchev–Trinajstić information content (AvgIpc) is 2.65. The summed E-state index contributed by atoms with van der Waals surface area (Å²) in [4.78, 5) is 11.4. The van der Waals surface area contributed by atoms with Gasteiger partial charge in [-0.15, -0.1) is 0 Å². The Kier molecular flexibility index (Phi) is 20.3. The predicted molar refractivity (Wildman–Crippen MR) is 124 cm³/mol. The van der Waals surface area contributed by atoms with Gasteiger partial charge in [-0.05, 0) is 44.4 Å². The maximum absolute atomic E-state index is 11.4. The van der Waals surface area contributed by atoms with Gasteiger partial charge in [-0.25, -0.2) is 0 Å². The van der Waals surface area contributed by atoms with E-state index in [4.69, 9.17) is 0 Å². The number of carboxylic acid groups (broad SMARTS) is 1. The van der Waals surface area contributed by atoms with E-state index >= 15 is 0 Å². The van der Waals surface area contributed by atoms with E-state index < -0.39 is 5.97 Å². The van der Waals surface area contributed by atoms with Crippen molar-refractivity contribution in [2.45, 2.75) is 136 Å². The second-order valence-electron chi connectivity index (χ2n) is 9.09. The van der Waals surface area contributed by atoms with Gasteiger partial charge in [-0.2, -0.15) is 0 Å². The molecule has 0 fully saturated rings. The second kappa shape index (κ2) is 20.9. The lowest BCUT2D eigenvalue weighted by Crippen LogP contribution is -2.13. The number of hydrogen-bond acceptors (Lipinski definition) is 1. The molecule has 2 nitrogen and oxygen atoms in total. The van der Waals surface area contributed by atoms with E-state index in [0.29, 0.717) is 0 Å². The number of hydrogen-bond donors (Lipinski definition) is 1. The molecular formula is C26H50O2. The maximum Gasteiger partial charge on any atom is 0.306 e. The monoisotopic (exact) mass is 394 g/mol. The first-order chi connectivity index (χ1) is 13.6. The first kappa shape index (κ1) is 27.2. The summed E-state index contributed by atoms with van der Waals surface area (Å²) in [5, 5.41) is 9.41. The molecule has 0 aromatic heterocycles. The van der Waals surface area contributed by atoms with Crippen molar-refractivity contribution >= 4 is 5.97 Å². The molecule has 0 aromatic rings. The van der Waals surface area contributed by atoms with Crippen LogP contribution in [0, 0.1) is 11.8 Å². The Morgan fingerprint density at radius 1 is 0.679 bits per heavy atom. The molecule has 2 heteroatoms. The molecule has 0 saturated heterocycles. The van der Waals surface area contributed by atoms with Gasteiger partial charge in [-0.3, -0.25) is 4.79 Å². The molecule has 0 bridgehead atoms. The zero-order chi connectivity index (χ0) is 20.9. The predicted octanol–water partition coefficient (Wildman–Crippen LogP) is 8.94. The number of allylic oxidation sites excluding steroid dienone is 2. The van der Waals surface area contributed by atoms with Gasteiger partial charge in [0.15, 0.2) is 0 Å². The van der Waals surface area contributed by atoms with E-state index in [9.17, 15) is 9.90 Å². The quantitative estimate of drug-likeness (QED) is 0.156. The third kappa shape index (κ3) is 20.0. The Balaban J connectivity index is 3.50. The highest BCUT2D eigenvalue weighted by Crippen LogP contribution is 2.19. The van der Waals surface area contributed by atoms with Crippen LogP contribution >= 0.6 is 0 Å². The third-order valence-electron chi connectivity index (χ3n) is 5.75. The Labute approximate surface area is 176 Å². The van der Waals surface area contributed by atoms with E-state index in [0.717, 1.165) is 31.6 Å². The summed E-state index contributed by atoms with van der Waals surface area (Å²) >= 11 is 0. The summed E-state index contributed by atoms with van der Waals surface area (Å²) in [5.74, 6) is 0.0680. The van der Waals surface area contributed by atoms with Gasteiger partial charge >= 0.3 is 5.97 Å². The van der Waals surface area contributed by atoms with Crippen molar-refractivity contribution in [2.75, 3.05) is 0 Å². The molecule has 1 unspecified atom stereocenters. The molecule has 0 rings (SSSR count). The minimum absolute atomic E-state index is 0.115. The largest absolute Gasteiger partial charge is 0.481 e. The molecule has 0 radical (unpaired) electrons. The zero-order valence-electron chi connectivity index (χ0n) is 19.4. The molecule has 1 atom stereocenters. The van der Waals surface area contributed by atoms with Gasteiger partial charge in [0, 0.05) is 0 Å². The van der Waals surface area contributed by atoms with E-state index in [1.807, 2.05) is 0 Å². The Morgan fingerprint density at radius 3 is 1.61 bits per heavy atom. The molecular weight excluding hydrogens is 344 g/mol. The topological polar surface area (TPSA) is 37.3 Å². The molecule has 0 aliphatic carbocycles. The minimum atomic E-state index is -0.582. The first-order valence-electron chi connectivity index (χ1n) is 12.5. The smallest absolute Gasteiger partial charge is 0.306 e. The van der Waals surface area contributed by atoms with Gasteiger partial charge in [0.05, 0.1) is 5.92 Å². The first-order valence-corrected chi connectivity index (χ1v) is 12.5. The van der Waals surface area contributed by atoms with Gasteiger partial charge in [-0.1, -0.05) is 110 Å². The number of rotatable bonds is 21. The molecule has 0 aromatic carbocycles.